The number of β-amino-alcohol motifs (C(OH)–C–C–N with tert-alkyl or cyclic N) is 1. The van der Waals surface area contributed by atoms with Gasteiger partial charge < -0.3 is 14.7 Å². The molecule has 0 aromatic rings. The Labute approximate surface area is 141 Å². The molecule has 3 heterocycles. The van der Waals surface area contributed by atoms with Crippen molar-refractivity contribution in [2.45, 2.75) is 31.5 Å². The molecule has 134 valence electrons. The number of piperazine rings is 1. The first-order valence-electron chi connectivity index (χ1n) is 9.11. The number of rotatable bonds is 4. The molecule has 0 radical (unpaired) electrons. The van der Waals surface area contributed by atoms with Crippen LogP contribution in [0.1, 0.15) is 13.8 Å². The molecule has 6 nitrogen and oxygen atoms in total. The quantitative estimate of drug-likeness (QED) is 0.743. The zero-order valence-electron chi connectivity index (χ0n) is 15.1. The lowest BCUT2D eigenvalue weighted by molar-refractivity contribution is -0.0206. The fraction of sp³-hybridized carbons (Fsp3) is 1.00. The van der Waals surface area contributed by atoms with Crippen LogP contribution in [0.5, 0.6) is 0 Å². The Bertz CT molecular complexity index is 379. The Kier molecular flexibility index (Phi) is 5.61. The highest BCUT2D eigenvalue weighted by Gasteiger charge is 2.39. The summed E-state index contributed by atoms with van der Waals surface area (Å²) in [4.78, 5) is 9.86. The third kappa shape index (κ3) is 4.24. The van der Waals surface area contributed by atoms with Crippen LogP contribution in [-0.2, 0) is 4.74 Å². The van der Waals surface area contributed by atoms with Gasteiger partial charge in [-0.2, -0.15) is 0 Å². The van der Waals surface area contributed by atoms with Gasteiger partial charge in [0.05, 0.1) is 19.3 Å². The van der Waals surface area contributed by atoms with E-state index < -0.39 is 0 Å². The van der Waals surface area contributed by atoms with Crippen molar-refractivity contribution >= 4 is 0 Å². The lowest BCUT2D eigenvalue weighted by Crippen LogP contribution is -2.55. The minimum absolute atomic E-state index is 0.139. The van der Waals surface area contributed by atoms with Crippen molar-refractivity contribution < 1.29 is 9.84 Å². The minimum Gasteiger partial charge on any atom is -0.390 e. The second-order valence-corrected chi connectivity index (χ2v) is 8.08. The van der Waals surface area contributed by atoms with Crippen molar-refractivity contribution in [2.24, 2.45) is 0 Å². The maximum Gasteiger partial charge on any atom is 0.0834 e. The predicted octanol–water partition coefficient (Wildman–Crippen LogP) is -0.610. The largest absolute Gasteiger partial charge is 0.390 e. The van der Waals surface area contributed by atoms with Gasteiger partial charge in [0.2, 0.25) is 0 Å². The zero-order valence-corrected chi connectivity index (χ0v) is 15.1. The average Bonchev–Trinajstić information content (AvgIpc) is 2.89. The van der Waals surface area contributed by atoms with E-state index in [-0.39, 0.29) is 11.6 Å². The van der Waals surface area contributed by atoms with Crippen LogP contribution in [0.15, 0.2) is 0 Å². The van der Waals surface area contributed by atoms with E-state index in [9.17, 15) is 5.11 Å². The maximum absolute atomic E-state index is 10.6. The molecule has 2 atom stereocenters. The number of aliphatic hydroxyl groups is 1. The van der Waals surface area contributed by atoms with Gasteiger partial charge >= 0.3 is 0 Å². The lowest BCUT2D eigenvalue weighted by atomic mass is 10.0. The Hall–Kier alpha value is -0.240. The first kappa shape index (κ1) is 17.6. The van der Waals surface area contributed by atoms with E-state index >= 15 is 0 Å². The standard InChI is InChI=1S/C17H34N4O2/c1-17(2,21-8-10-23-11-9-21)14-19-12-15(16(22)13-19)20-6-4-18(3)5-7-20/h15-16,22H,4-14H2,1-3H3/t15-,16-/m0/s1. The fourth-order valence-corrected chi connectivity index (χ4v) is 4.30. The Morgan fingerprint density at radius 1 is 1.00 bits per heavy atom. The number of aliphatic hydroxyl groups excluding tert-OH is 1. The Balaban J connectivity index is 1.53. The number of hydrogen-bond donors (Lipinski definition) is 1. The van der Waals surface area contributed by atoms with Gasteiger partial charge in [-0.25, -0.2) is 0 Å². The number of likely N-dealkylation sites (tertiary alicyclic amines) is 1. The molecule has 6 heteroatoms. The van der Waals surface area contributed by atoms with Crippen LogP contribution in [0.25, 0.3) is 0 Å². The molecule has 3 rings (SSSR count). The minimum atomic E-state index is -0.209. The molecule has 0 amide bonds. The summed E-state index contributed by atoms with van der Waals surface area (Å²) in [5.41, 5.74) is 0.139. The van der Waals surface area contributed by atoms with E-state index in [0.717, 1.165) is 72.1 Å². The van der Waals surface area contributed by atoms with Crippen LogP contribution < -0.4 is 0 Å². The second kappa shape index (κ2) is 7.33. The van der Waals surface area contributed by atoms with Crippen molar-refractivity contribution in [3.63, 3.8) is 0 Å². The van der Waals surface area contributed by atoms with E-state index in [4.69, 9.17) is 4.74 Å². The monoisotopic (exact) mass is 326 g/mol. The molecule has 0 saturated carbocycles. The van der Waals surface area contributed by atoms with Gasteiger partial charge in [-0.3, -0.25) is 14.7 Å². The molecule has 3 fully saturated rings. The molecule has 0 aliphatic carbocycles. The predicted molar refractivity (Wildman–Crippen MR) is 91.8 cm³/mol. The molecule has 23 heavy (non-hydrogen) atoms. The van der Waals surface area contributed by atoms with Gasteiger partial charge in [0.1, 0.15) is 0 Å². The third-order valence-electron chi connectivity index (χ3n) is 5.82. The molecule has 0 aromatic carbocycles. The number of ether oxygens (including phenoxy) is 1. The number of nitrogens with zero attached hydrogens (tertiary/aromatic N) is 4. The van der Waals surface area contributed by atoms with E-state index in [1.165, 1.54) is 0 Å². The molecule has 0 bridgehead atoms. The van der Waals surface area contributed by atoms with Crippen molar-refractivity contribution in [1.29, 1.82) is 0 Å². The number of hydrogen-bond acceptors (Lipinski definition) is 6. The van der Waals surface area contributed by atoms with Crippen molar-refractivity contribution in [3.05, 3.63) is 0 Å². The van der Waals surface area contributed by atoms with Crippen LogP contribution in [0.2, 0.25) is 0 Å². The highest BCUT2D eigenvalue weighted by Crippen LogP contribution is 2.23. The summed E-state index contributed by atoms with van der Waals surface area (Å²) in [6.45, 7) is 15.6. The van der Waals surface area contributed by atoms with Crippen molar-refractivity contribution in [1.82, 2.24) is 19.6 Å². The van der Waals surface area contributed by atoms with Gasteiger partial charge in [0.15, 0.2) is 0 Å². The molecule has 1 N–H and O–H groups in total. The average molecular weight is 326 g/mol. The highest BCUT2D eigenvalue weighted by molar-refractivity contribution is 4.96. The fourth-order valence-electron chi connectivity index (χ4n) is 4.30. The van der Waals surface area contributed by atoms with Crippen LogP contribution in [0.4, 0.5) is 0 Å². The smallest absolute Gasteiger partial charge is 0.0834 e. The molecule has 3 aliphatic rings. The zero-order chi connectivity index (χ0) is 16.4. The van der Waals surface area contributed by atoms with Gasteiger partial charge in [-0.1, -0.05) is 0 Å². The molecule has 0 spiro atoms. The van der Waals surface area contributed by atoms with E-state index in [2.05, 4.69) is 40.5 Å². The first-order chi connectivity index (χ1) is 11.0. The maximum atomic E-state index is 10.6. The summed E-state index contributed by atoms with van der Waals surface area (Å²) < 4.78 is 5.48. The van der Waals surface area contributed by atoms with E-state index in [1.54, 1.807) is 0 Å². The van der Waals surface area contributed by atoms with E-state index in [1.807, 2.05) is 0 Å². The molecular weight excluding hydrogens is 292 g/mol. The Morgan fingerprint density at radius 2 is 1.65 bits per heavy atom. The molecule has 3 aliphatic heterocycles. The first-order valence-corrected chi connectivity index (χ1v) is 9.11. The normalized spacial score (nSPS) is 33.4. The second-order valence-electron chi connectivity index (χ2n) is 8.08. The van der Waals surface area contributed by atoms with Gasteiger partial charge in [0.25, 0.3) is 0 Å². The summed E-state index contributed by atoms with van der Waals surface area (Å²) in [6, 6.07) is 0.309. The van der Waals surface area contributed by atoms with Gasteiger partial charge in [0, 0.05) is 70.5 Å². The summed E-state index contributed by atoms with van der Waals surface area (Å²) >= 11 is 0. The van der Waals surface area contributed by atoms with Crippen LogP contribution >= 0.6 is 0 Å². The SMILES string of the molecule is CN1CCN([C@H]2CN(CC(C)(C)N3CCOCC3)C[C@@H]2O)CC1. The Morgan fingerprint density at radius 3 is 2.30 bits per heavy atom. The van der Waals surface area contributed by atoms with Crippen molar-refractivity contribution in [2.75, 3.05) is 79.2 Å². The summed E-state index contributed by atoms with van der Waals surface area (Å²) in [6.07, 6.45) is -0.209. The van der Waals surface area contributed by atoms with Crippen molar-refractivity contribution in [3.8, 4) is 0 Å². The van der Waals surface area contributed by atoms with Crippen LogP contribution in [0, 0.1) is 0 Å². The summed E-state index contributed by atoms with van der Waals surface area (Å²) in [5, 5.41) is 10.6. The van der Waals surface area contributed by atoms with Crippen LogP contribution in [-0.4, -0.2) is 122 Å². The molecule has 3 saturated heterocycles. The molecular formula is C17H34N4O2. The summed E-state index contributed by atoms with van der Waals surface area (Å²) in [7, 11) is 2.18. The lowest BCUT2D eigenvalue weighted by Gasteiger charge is -2.43. The van der Waals surface area contributed by atoms with Gasteiger partial charge in [-0.15, -0.1) is 0 Å². The van der Waals surface area contributed by atoms with Crippen LogP contribution in [0.3, 0.4) is 0 Å². The number of likely N-dealkylation sites (N-methyl/N-ethyl adjacent to an activating group) is 1. The molecule has 0 aromatic heterocycles. The molecule has 0 unspecified atom stereocenters. The van der Waals surface area contributed by atoms with E-state index in [0.29, 0.717) is 6.04 Å². The highest BCUT2D eigenvalue weighted by atomic mass is 16.5. The number of morpholine rings is 1. The summed E-state index contributed by atoms with van der Waals surface area (Å²) in [5.74, 6) is 0. The van der Waals surface area contributed by atoms with Gasteiger partial charge in [-0.05, 0) is 20.9 Å². The topological polar surface area (TPSA) is 42.4 Å². The third-order valence-corrected chi connectivity index (χ3v) is 5.82.